The van der Waals surface area contributed by atoms with Gasteiger partial charge in [0.05, 0.1) is 12.1 Å². The Kier molecular flexibility index (Phi) is 3.94. The third kappa shape index (κ3) is 2.84. The van der Waals surface area contributed by atoms with Gasteiger partial charge in [-0.2, -0.15) is 0 Å². The van der Waals surface area contributed by atoms with Crippen LogP contribution in [0.3, 0.4) is 0 Å². The van der Waals surface area contributed by atoms with Crippen LogP contribution in [0.1, 0.15) is 19.3 Å². The summed E-state index contributed by atoms with van der Waals surface area (Å²) in [6.07, 6.45) is 0.956. The molecular formula is C9H16N4O2. The van der Waals surface area contributed by atoms with E-state index < -0.39 is 6.10 Å². The number of aliphatic hydroxyl groups excluding tert-OH is 1. The zero-order valence-corrected chi connectivity index (χ0v) is 9.00. The Hall–Kier alpha value is -1.26. The van der Waals surface area contributed by atoms with Gasteiger partial charge < -0.3 is 10.0 Å². The minimum atomic E-state index is -0.691. The highest BCUT2D eigenvalue weighted by molar-refractivity contribution is 5.78. The Morgan fingerprint density at radius 1 is 1.53 bits per heavy atom. The maximum atomic E-state index is 11.6. The molecular weight excluding hydrogens is 196 g/mol. The monoisotopic (exact) mass is 212 g/mol. The van der Waals surface area contributed by atoms with E-state index in [-0.39, 0.29) is 17.9 Å². The van der Waals surface area contributed by atoms with E-state index in [4.69, 9.17) is 5.53 Å². The lowest BCUT2D eigenvalue weighted by molar-refractivity contribution is -0.135. The van der Waals surface area contributed by atoms with Crippen molar-refractivity contribution in [3.63, 3.8) is 0 Å². The van der Waals surface area contributed by atoms with Crippen molar-refractivity contribution in [1.29, 1.82) is 0 Å². The molecule has 0 heterocycles. The summed E-state index contributed by atoms with van der Waals surface area (Å²) in [6.45, 7) is 0. The molecule has 1 fully saturated rings. The second kappa shape index (κ2) is 5.00. The standard InChI is InChI=1S/C9H16N4O2/c1-13(2)9(15)6-3-4-7(11-12-10)8(14)5-6/h6-8,14H,3-5H2,1-2H3/t6-,7?,8?/m0/s1. The van der Waals surface area contributed by atoms with Crippen LogP contribution in [-0.4, -0.2) is 42.2 Å². The van der Waals surface area contributed by atoms with Crippen LogP contribution in [0.15, 0.2) is 5.11 Å². The van der Waals surface area contributed by atoms with Crippen LogP contribution in [0, 0.1) is 5.92 Å². The second-order valence-corrected chi connectivity index (χ2v) is 4.08. The molecule has 0 aromatic rings. The molecule has 6 heteroatoms. The lowest BCUT2D eigenvalue weighted by Crippen LogP contribution is -2.39. The third-order valence-corrected chi connectivity index (χ3v) is 2.77. The number of azide groups is 1. The average Bonchev–Trinajstić information content (AvgIpc) is 2.20. The molecule has 3 atom stereocenters. The highest BCUT2D eigenvalue weighted by Crippen LogP contribution is 2.27. The van der Waals surface area contributed by atoms with Gasteiger partial charge in [-0.25, -0.2) is 0 Å². The molecule has 2 unspecified atom stereocenters. The largest absolute Gasteiger partial charge is 0.393 e. The molecule has 1 saturated carbocycles. The summed E-state index contributed by atoms with van der Waals surface area (Å²) >= 11 is 0. The smallest absolute Gasteiger partial charge is 0.225 e. The van der Waals surface area contributed by atoms with Gasteiger partial charge in [0.1, 0.15) is 0 Å². The third-order valence-electron chi connectivity index (χ3n) is 2.77. The zero-order valence-electron chi connectivity index (χ0n) is 9.00. The van der Waals surface area contributed by atoms with Crippen molar-refractivity contribution in [3.05, 3.63) is 10.4 Å². The summed E-state index contributed by atoms with van der Waals surface area (Å²) in [5, 5.41) is 13.2. The first kappa shape index (κ1) is 11.8. The van der Waals surface area contributed by atoms with Crippen molar-refractivity contribution >= 4 is 5.91 Å². The van der Waals surface area contributed by atoms with Crippen LogP contribution in [0.2, 0.25) is 0 Å². The van der Waals surface area contributed by atoms with E-state index in [1.54, 1.807) is 14.1 Å². The van der Waals surface area contributed by atoms with Gasteiger partial charge in [0, 0.05) is 24.9 Å². The SMILES string of the molecule is CN(C)C(=O)[C@H]1CCC(N=[N+]=[N-])C(O)C1. The maximum Gasteiger partial charge on any atom is 0.225 e. The van der Waals surface area contributed by atoms with Crippen LogP contribution in [0.25, 0.3) is 10.4 Å². The first-order valence-electron chi connectivity index (χ1n) is 4.99. The summed E-state index contributed by atoms with van der Waals surface area (Å²) in [6, 6.07) is -0.374. The van der Waals surface area contributed by atoms with Crippen molar-refractivity contribution < 1.29 is 9.90 Å². The number of rotatable bonds is 2. The van der Waals surface area contributed by atoms with Crippen molar-refractivity contribution in [3.8, 4) is 0 Å². The molecule has 1 N–H and O–H groups in total. The topological polar surface area (TPSA) is 89.3 Å². The van der Waals surface area contributed by atoms with Gasteiger partial charge >= 0.3 is 0 Å². The molecule has 6 nitrogen and oxygen atoms in total. The molecule has 0 aromatic carbocycles. The predicted octanol–water partition coefficient (Wildman–Crippen LogP) is 0.914. The summed E-state index contributed by atoms with van der Waals surface area (Å²) in [5.74, 6) is -0.103. The van der Waals surface area contributed by atoms with E-state index in [9.17, 15) is 9.90 Å². The molecule has 1 aliphatic rings. The van der Waals surface area contributed by atoms with Crippen LogP contribution < -0.4 is 0 Å². The first-order valence-corrected chi connectivity index (χ1v) is 4.99. The van der Waals surface area contributed by atoms with E-state index in [1.165, 1.54) is 4.90 Å². The Balaban J connectivity index is 2.58. The lowest BCUT2D eigenvalue weighted by Gasteiger charge is -2.31. The highest BCUT2D eigenvalue weighted by atomic mass is 16.3. The minimum absolute atomic E-state index is 0.0356. The predicted molar refractivity (Wildman–Crippen MR) is 55.0 cm³/mol. The molecule has 15 heavy (non-hydrogen) atoms. The molecule has 84 valence electrons. The fraction of sp³-hybridized carbons (Fsp3) is 0.889. The zero-order chi connectivity index (χ0) is 11.4. The van der Waals surface area contributed by atoms with E-state index in [0.29, 0.717) is 19.3 Å². The summed E-state index contributed by atoms with van der Waals surface area (Å²) < 4.78 is 0. The van der Waals surface area contributed by atoms with Gasteiger partial charge in [-0.3, -0.25) is 4.79 Å². The van der Waals surface area contributed by atoms with E-state index >= 15 is 0 Å². The Morgan fingerprint density at radius 3 is 2.67 bits per heavy atom. The van der Waals surface area contributed by atoms with Gasteiger partial charge in [0.2, 0.25) is 5.91 Å². The Labute approximate surface area is 88.5 Å². The normalized spacial score (nSPS) is 30.5. The second-order valence-electron chi connectivity index (χ2n) is 4.08. The minimum Gasteiger partial charge on any atom is -0.393 e. The number of amides is 1. The van der Waals surface area contributed by atoms with Crippen LogP contribution in [0.5, 0.6) is 0 Å². The van der Waals surface area contributed by atoms with E-state index in [1.807, 2.05) is 0 Å². The first-order chi connectivity index (χ1) is 7.06. The molecule has 1 aliphatic carbocycles. The fourth-order valence-electron chi connectivity index (χ4n) is 1.92. The van der Waals surface area contributed by atoms with Gasteiger partial charge in [-0.1, -0.05) is 5.11 Å². The molecule has 1 rings (SSSR count). The van der Waals surface area contributed by atoms with Crippen LogP contribution in [-0.2, 0) is 4.79 Å². The van der Waals surface area contributed by atoms with Crippen molar-refractivity contribution in [2.24, 2.45) is 11.0 Å². The van der Waals surface area contributed by atoms with E-state index in [0.717, 1.165) is 0 Å². The van der Waals surface area contributed by atoms with Gasteiger partial charge in [0.15, 0.2) is 0 Å². The van der Waals surface area contributed by atoms with Gasteiger partial charge in [0.25, 0.3) is 0 Å². The highest BCUT2D eigenvalue weighted by Gasteiger charge is 2.32. The number of carbonyl (C=O) groups is 1. The Bertz CT molecular complexity index is 286. The molecule has 0 saturated heterocycles. The lowest BCUT2D eigenvalue weighted by atomic mass is 9.83. The average molecular weight is 212 g/mol. The molecule has 0 spiro atoms. The quantitative estimate of drug-likeness (QED) is 0.419. The molecule has 1 amide bonds. The number of nitrogens with zero attached hydrogens (tertiary/aromatic N) is 4. The van der Waals surface area contributed by atoms with Gasteiger partial charge in [-0.05, 0) is 24.8 Å². The molecule has 0 bridgehead atoms. The molecule has 0 aliphatic heterocycles. The number of hydrogen-bond donors (Lipinski definition) is 1. The number of aliphatic hydroxyl groups is 1. The fourth-order valence-corrected chi connectivity index (χ4v) is 1.92. The number of hydrogen-bond acceptors (Lipinski definition) is 3. The van der Waals surface area contributed by atoms with Crippen LogP contribution in [0.4, 0.5) is 0 Å². The van der Waals surface area contributed by atoms with Crippen molar-refractivity contribution in [2.75, 3.05) is 14.1 Å². The molecule has 0 radical (unpaired) electrons. The summed E-state index contributed by atoms with van der Waals surface area (Å²) in [5.41, 5.74) is 8.27. The summed E-state index contributed by atoms with van der Waals surface area (Å²) in [7, 11) is 3.41. The number of carbonyl (C=O) groups excluding carboxylic acids is 1. The van der Waals surface area contributed by atoms with Gasteiger partial charge in [-0.15, -0.1) is 0 Å². The summed E-state index contributed by atoms with van der Waals surface area (Å²) in [4.78, 5) is 15.8. The van der Waals surface area contributed by atoms with Crippen molar-refractivity contribution in [2.45, 2.75) is 31.4 Å². The molecule has 0 aromatic heterocycles. The Morgan fingerprint density at radius 2 is 2.20 bits per heavy atom. The van der Waals surface area contributed by atoms with Crippen LogP contribution >= 0.6 is 0 Å². The maximum absolute atomic E-state index is 11.6. The van der Waals surface area contributed by atoms with E-state index in [2.05, 4.69) is 10.0 Å². The van der Waals surface area contributed by atoms with Crippen molar-refractivity contribution in [1.82, 2.24) is 4.90 Å².